The first-order chi connectivity index (χ1) is 17.3. The minimum atomic E-state index is -0.694. The molecule has 9 heteroatoms. The van der Waals surface area contributed by atoms with Gasteiger partial charge in [-0.2, -0.15) is 0 Å². The van der Waals surface area contributed by atoms with Crippen LogP contribution in [0.1, 0.15) is 37.8 Å². The van der Waals surface area contributed by atoms with Crippen molar-refractivity contribution in [1.82, 2.24) is 25.1 Å². The Kier molecular flexibility index (Phi) is 7.88. The van der Waals surface area contributed by atoms with Crippen molar-refractivity contribution in [2.24, 2.45) is 0 Å². The molecule has 4 rings (SSSR count). The number of carbonyl (C=O) groups excluding carboxylic acids is 3. The number of nitrogens with one attached hydrogen (secondary N) is 1. The average molecular weight is 496 g/mol. The Morgan fingerprint density at radius 3 is 2.33 bits per heavy atom. The van der Waals surface area contributed by atoms with Gasteiger partial charge in [-0.15, -0.1) is 0 Å². The van der Waals surface area contributed by atoms with E-state index in [0.29, 0.717) is 6.42 Å². The van der Waals surface area contributed by atoms with E-state index in [1.54, 1.807) is 34.1 Å². The molecule has 2 aromatic rings. The van der Waals surface area contributed by atoms with E-state index in [4.69, 9.17) is 0 Å². The van der Waals surface area contributed by atoms with E-state index in [1.165, 1.54) is 12.1 Å². The molecule has 4 amide bonds. The van der Waals surface area contributed by atoms with Crippen LogP contribution in [-0.4, -0.2) is 76.0 Å². The highest BCUT2D eigenvalue weighted by atomic mass is 19.1. The molecule has 36 heavy (non-hydrogen) atoms. The molecule has 2 saturated heterocycles. The lowest BCUT2D eigenvalue weighted by molar-refractivity contribution is -0.189. The predicted molar refractivity (Wildman–Crippen MR) is 134 cm³/mol. The fourth-order valence-corrected chi connectivity index (χ4v) is 5.22. The number of hydrogen-bond acceptors (Lipinski definition) is 4. The van der Waals surface area contributed by atoms with Crippen LogP contribution in [0.3, 0.4) is 0 Å². The molecule has 2 aliphatic rings. The Labute approximate surface area is 211 Å². The first-order valence-electron chi connectivity index (χ1n) is 12.5. The van der Waals surface area contributed by atoms with Crippen LogP contribution in [-0.2, 0) is 22.6 Å². The van der Waals surface area contributed by atoms with Crippen molar-refractivity contribution in [2.75, 3.05) is 20.1 Å². The maximum absolute atomic E-state index is 13.8. The molecular weight excluding hydrogens is 461 g/mol. The maximum atomic E-state index is 13.8. The third-order valence-electron chi connectivity index (χ3n) is 7.11. The summed E-state index contributed by atoms with van der Waals surface area (Å²) in [6.07, 6.45) is 1.32. The van der Waals surface area contributed by atoms with Crippen molar-refractivity contribution in [1.29, 1.82) is 0 Å². The molecule has 1 N–H and O–H groups in total. The number of urea groups is 1. The van der Waals surface area contributed by atoms with Crippen molar-refractivity contribution < 1.29 is 18.8 Å². The van der Waals surface area contributed by atoms with E-state index < -0.39 is 12.2 Å². The molecule has 2 atom stereocenters. The normalized spacial score (nSPS) is 20.6. The molecule has 8 nitrogen and oxygen atoms in total. The summed E-state index contributed by atoms with van der Waals surface area (Å²) in [6, 6.07) is 14.5. The van der Waals surface area contributed by atoms with Gasteiger partial charge in [-0.05, 0) is 36.1 Å². The van der Waals surface area contributed by atoms with Gasteiger partial charge in [0.05, 0.1) is 13.1 Å². The third kappa shape index (κ3) is 5.21. The molecule has 0 unspecified atom stereocenters. The monoisotopic (exact) mass is 495 g/mol. The third-order valence-corrected chi connectivity index (χ3v) is 7.11. The number of nitrogens with zero attached hydrogens (tertiary/aromatic N) is 4. The van der Waals surface area contributed by atoms with E-state index in [-0.39, 0.29) is 49.3 Å². The van der Waals surface area contributed by atoms with Gasteiger partial charge >= 0.3 is 6.03 Å². The lowest BCUT2D eigenvalue weighted by Gasteiger charge is -2.55. The summed E-state index contributed by atoms with van der Waals surface area (Å²) in [6.45, 7) is 4.55. The van der Waals surface area contributed by atoms with Crippen LogP contribution in [0, 0.1) is 5.82 Å². The second-order valence-corrected chi connectivity index (χ2v) is 9.39. The number of fused-ring (bicyclic) bond motifs is 1. The Morgan fingerprint density at radius 2 is 1.69 bits per heavy atom. The van der Waals surface area contributed by atoms with Crippen LogP contribution in [0.25, 0.3) is 0 Å². The number of amides is 4. The van der Waals surface area contributed by atoms with Crippen molar-refractivity contribution >= 4 is 17.8 Å². The van der Waals surface area contributed by atoms with Crippen LogP contribution >= 0.6 is 0 Å². The highest BCUT2D eigenvalue weighted by Gasteiger charge is 2.51. The molecular formula is C27H34FN5O3. The fraction of sp³-hybridized carbons (Fsp3) is 0.444. The summed E-state index contributed by atoms with van der Waals surface area (Å²) < 4.78 is 13.3. The zero-order chi connectivity index (χ0) is 25.8. The number of benzene rings is 2. The molecule has 2 heterocycles. The van der Waals surface area contributed by atoms with E-state index >= 15 is 0 Å². The molecule has 2 fully saturated rings. The number of halogens is 1. The van der Waals surface area contributed by atoms with Gasteiger partial charge in [0.1, 0.15) is 18.0 Å². The quantitative estimate of drug-likeness (QED) is 0.641. The SMILES string of the molecule is CCC(CC)N1C[C@H]2N(C(=O)CN(C)N2C(=O)NCc2ccc(F)cc2)[C@@H](Cc2ccccc2)C1=O. The first kappa shape index (κ1) is 25.6. The molecule has 192 valence electrons. The summed E-state index contributed by atoms with van der Waals surface area (Å²) in [5.41, 5.74) is 1.72. The van der Waals surface area contributed by atoms with Gasteiger partial charge < -0.3 is 15.1 Å². The minimum absolute atomic E-state index is 0.00990. The molecule has 0 bridgehead atoms. The molecule has 2 aromatic carbocycles. The number of rotatable bonds is 7. The zero-order valence-corrected chi connectivity index (χ0v) is 21.1. The van der Waals surface area contributed by atoms with Gasteiger partial charge in [-0.3, -0.25) is 9.59 Å². The van der Waals surface area contributed by atoms with Crippen molar-refractivity contribution in [3.05, 3.63) is 71.5 Å². The number of likely N-dealkylation sites (N-methyl/N-ethyl adjacent to an activating group) is 1. The predicted octanol–water partition coefficient (Wildman–Crippen LogP) is 2.99. The van der Waals surface area contributed by atoms with Crippen LogP contribution in [0.4, 0.5) is 9.18 Å². The van der Waals surface area contributed by atoms with Crippen molar-refractivity contribution in [3.8, 4) is 0 Å². The number of piperazine rings is 1. The Bertz CT molecular complexity index is 1080. The Morgan fingerprint density at radius 1 is 1.03 bits per heavy atom. The van der Waals surface area contributed by atoms with Crippen LogP contribution < -0.4 is 5.32 Å². The highest BCUT2D eigenvalue weighted by molar-refractivity contribution is 5.91. The topological polar surface area (TPSA) is 76.2 Å². The van der Waals surface area contributed by atoms with Crippen LogP contribution in [0.2, 0.25) is 0 Å². The van der Waals surface area contributed by atoms with Crippen LogP contribution in [0.5, 0.6) is 0 Å². The standard InChI is InChI=1S/C27H34FN5O3/c1-4-22(5-2)31-17-24-32(23(26(31)35)15-19-9-7-6-8-10-19)25(34)18-30(3)33(24)27(36)29-16-20-11-13-21(28)14-12-20/h6-14,22-24H,4-5,15-18H2,1-3H3,(H,29,36)/t23-,24-/m0/s1. The van der Waals surface area contributed by atoms with Gasteiger partial charge in [0.2, 0.25) is 11.8 Å². The van der Waals surface area contributed by atoms with E-state index in [0.717, 1.165) is 24.0 Å². The van der Waals surface area contributed by atoms with E-state index in [1.807, 2.05) is 49.1 Å². The number of carbonyl (C=O) groups is 3. The fourth-order valence-electron chi connectivity index (χ4n) is 5.22. The summed E-state index contributed by atoms with van der Waals surface area (Å²) in [5, 5.41) is 6.06. The van der Waals surface area contributed by atoms with Gasteiger partial charge in [0.15, 0.2) is 0 Å². The second kappa shape index (κ2) is 11.1. The van der Waals surface area contributed by atoms with Gasteiger partial charge in [0.25, 0.3) is 0 Å². The highest BCUT2D eigenvalue weighted by Crippen LogP contribution is 2.29. The summed E-state index contributed by atoms with van der Waals surface area (Å²) >= 11 is 0. The van der Waals surface area contributed by atoms with Gasteiger partial charge in [-0.1, -0.05) is 56.3 Å². The molecule has 0 aromatic heterocycles. The molecule has 0 radical (unpaired) electrons. The minimum Gasteiger partial charge on any atom is -0.334 e. The molecule has 0 aliphatic carbocycles. The second-order valence-electron chi connectivity index (χ2n) is 9.39. The summed E-state index contributed by atoms with van der Waals surface area (Å²) in [5.74, 6) is -0.593. The average Bonchev–Trinajstić information content (AvgIpc) is 2.87. The maximum Gasteiger partial charge on any atom is 0.334 e. The molecule has 2 aliphatic heterocycles. The molecule has 0 saturated carbocycles. The summed E-state index contributed by atoms with van der Waals surface area (Å²) in [7, 11) is 1.71. The number of hydrogen-bond donors (Lipinski definition) is 1. The van der Waals surface area contributed by atoms with Crippen molar-refractivity contribution in [2.45, 2.75) is 57.9 Å². The van der Waals surface area contributed by atoms with Gasteiger partial charge in [-0.25, -0.2) is 19.2 Å². The lowest BCUT2D eigenvalue weighted by atomic mass is 9.96. The number of hydrazine groups is 1. The zero-order valence-electron chi connectivity index (χ0n) is 21.1. The van der Waals surface area contributed by atoms with Crippen molar-refractivity contribution in [3.63, 3.8) is 0 Å². The Balaban J connectivity index is 1.63. The Hall–Kier alpha value is -3.46. The van der Waals surface area contributed by atoms with Gasteiger partial charge in [0, 0.05) is 26.1 Å². The lowest BCUT2D eigenvalue weighted by Crippen LogP contribution is -2.76. The largest absolute Gasteiger partial charge is 0.334 e. The van der Waals surface area contributed by atoms with E-state index in [9.17, 15) is 18.8 Å². The van der Waals surface area contributed by atoms with Crippen LogP contribution in [0.15, 0.2) is 54.6 Å². The summed E-state index contributed by atoms with van der Waals surface area (Å²) in [4.78, 5) is 43.9. The molecule has 0 spiro atoms. The van der Waals surface area contributed by atoms with E-state index in [2.05, 4.69) is 5.32 Å². The first-order valence-corrected chi connectivity index (χ1v) is 12.5. The smallest absolute Gasteiger partial charge is 0.334 e.